The van der Waals surface area contributed by atoms with Gasteiger partial charge in [-0.3, -0.25) is 24.4 Å². The Morgan fingerprint density at radius 3 is 1.82 bits per heavy atom. The van der Waals surface area contributed by atoms with E-state index in [2.05, 4.69) is 40.8 Å². The topological polar surface area (TPSA) is 513 Å². The molecule has 1 atom stereocenters. The zero-order chi connectivity index (χ0) is 68.7. The molecule has 0 bridgehead atoms. The highest BCUT2D eigenvalue weighted by Crippen LogP contribution is 2.32. The lowest BCUT2D eigenvalue weighted by atomic mass is 10.1. The predicted octanol–water partition coefficient (Wildman–Crippen LogP) is 2.62. The number of hydrogen-bond donors (Lipinski definition) is 3. The van der Waals surface area contributed by atoms with E-state index in [-0.39, 0.29) is 44.6 Å². The minimum atomic E-state index is -5.39. The van der Waals surface area contributed by atoms with Crippen molar-refractivity contribution in [2.75, 3.05) is 6.61 Å². The van der Waals surface area contributed by atoms with E-state index in [1.165, 1.54) is 62.5 Å². The zero-order valence-electron chi connectivity index (χ0n) is 49.0. The van der Waals surface area contributed by atoms with Crippen LogP contribution in [0.3, 0.4) is 0 Å². The molecule has 40 heteroatoms. The maximum atomic E-state index is 12.0. The quantitative estimate of drug-likeness (QED) is 0.0261. The van der Waals surface area contributed by atoms with E-state index < -0.39 is 103 Å². The van der Waals surface area contributed by atoms with Gasteiger partial charge in [0.15, 0.2) is 12.3 Å². The normalized spacial score (nSPS) is 11.9. The second kappa shape index (κ2) is 28.4. The first-order chi connectivity index (χ1) is 44.2. The number of benzene rings is 7. The summed E-state index contributed by atoms with van der Waals surface area (Å²) in [6.07, 6.45) is 0. The Morgan fingerprint density at radius 1 is 0.628 bits per heavy atom. The molecule has 3 heterocycles. The van der Waals surface area contributed by atoms with E-state index in [0.29, 0.717) is 46.5 Å². The van der Waals surface area contributed by atoms with Crippen molar-refractivity contribution in [1.29, 1.82) is 0 Å². The summed E-state index contributed by atoms with van der Waals surface area (Å²) < 4.78 is 133. The molecule has 0 fully saturated rings. The van der Waals surface area contributed by atoms with E-state index in [9.17, 15) is 82.9 Å². The van der Waals surface area contributed by atoms with E-state index in [1.54, 1.807) is 56.6 Å². The van der Waals surface area contributed by atoms with Crippen molar-refractivity contribution < 1.29 is 96.8 Å². The standard InChI is InChI=1S/C22H20N6O3S.C16H14N6O11S2.C16H14N4O6S/c1-15-8-10-17(11-9-15)23-24-18-12-13-20(21(14-18)32(29,30)31)28-26-22(25-27(28)3)19-7-5-4-6-16(19)2;1-8-17-19(11-4-15(34(29)30)13(21(25)26)2-9(11)6-23)20(18-8)12-5-16(35(31,32)33)14(22(27)28)3-10(12)7-24;1-19-17-16(11-3-2-4-13(9-11)26-10-15(21)22)18-20(19)12-5-7-14(8-6-12)27(23,24)25/h4-14H,1-3H3;2-5,23-24H,6-7H2,1H3,(H-,29,30,31,32,33);2-9H,10H2,1H3,(H-,21,22,23,24,25)/p-1. The van der Waals surface area contributed by atoms with Crippen LogP contribution >= 0.6 is 0 Å². The summed E-state index contributed by atoms with van der Waals surface area (Å²) in [4.78, 5) is 35.3. The molecular formula is C54H47N16O20S4-. The van der Waals surface area contributed by atoms with Crippen molar-refractivity contribution in [2.24, 2.45) is 24.3 Å². The van der Waals surface area contributed by atoms with Crippen LogP contribution in [0.5, 0.6) is 5.75 Å². The lowest BCUT2D eigenvalue weighted by Crippen LogP contribution is -2.44. The molecule has 0 aliphatic rings. The van der Waals surface area contributed by atoms with Gasteiger partial charge in [0, 0.05) is 50.6 Å². The third-order valence-electron chi connectivity index (χ3n) is 12.9. The van der Waals surface area contributed by atoms with E-state index in [0.717, 1.165) is 38.4 Å². The third kappa shape index (κ3) is 16.3. The Morgan fingerprint density at radius 2 is 1.22 bits per heavy atom. The largest absolute Gasteiger partial charge is 0.768 e. The second-order valence-corrected chi connectivity index (χ2v) is 24.4. The van der Waals surface area contributed by atoms with Gasteiger partial charge in [-0.15, -0.1) is 0 Å². The molecule has 3 N–H and O–H groups in total. The lowest BCUT2D eigenvalue weighted by molar-refractivity contribution is -0.800. The number of azo groups is 1. The number of nitro groups is 2. The van der Waals surface area contributed by atoms with Gasteiger partial charge in [0.25, 0.3) is 11.4 Å². The van der Waals surface area contributed by atoms with Crippen LogP contribution in [0.15, 0.2) is 169 Å². The van der Waals surface area contributed by atoms with Crippen LogP contribution in [0.2, 0.25) is 0 Å². The average Bonchev–Trinajstić information content (AvgIpc) is 1.43. The smallest absolute Gasteiger partial charge is 0.341 e. The number of nitrogens with zero attached hydrogens (tertiary/aromatic N) is 16. The van der Waals surface area contributed by atoms with Gasteiger partial charge in [0.2, 0.25) is 0 Å². The maximum Gasteiger partial charge on any atom is 0.341 e. The number of aliphatic hydroxyl groups excluding tert-OH is 2. The highest BCUT2D eigenvalue weighted by molar-refractivity contribution is 7.86. The molecule has 3 aromatic heterocycles. The van der Waals surface area contributed by atoms with Crippen LogP contribution in [0.1, 0.15) is 28.1 Å². The molecule has 0 spiro atoms. The van der Waals surface area contributed by atoms with Gasteiger partial charge in [-0.25, -0.2) is 30.0 Å². The van der Waals surface area contributed by atoms with Crippen LogP contribution in [0.4, 0.5) is 22.7 Å². The number of rotatable bonds is 19. The monoisotopic (exact) mass is 1370 g/mol. The fourth-order valence-electron chi connectivity index (χ4n) is 8.60. The molecule has 0 saturated carbocycles. The number of aryl methyl sites for hydroxylation is 5. The van der Waals surface area contributed by atoms with Gasteiger partial charge < -0.3 is 38.3 Å². The van der Waals surface area contributed by atoms with Crippen LogP contribution in [0.25, 0.3) is 45.5 Å². The van der Waals surface area contributed by atoms with E-state index in [4.69, 9.17) is 9.84 Å². The Balaban J connectivity index is 0.000000182. The first-order valence-corrected chi connectivity index (χ1v) is 31.7. The molecule has 0 amide bonds. The third-order valence-corrected chi connectivity index (χ3v) is 16.2. The molecule has 0 saturated heterocycles. The second-order valence-electron chi connectivity index (χ2n) is 19.5. The highest BCUT2D eigenvalue weighted by Gasteiger charge is 2.32. The van der Waals surface area contributed by atoms with Gasteiger partial charge in [0.05, 0.1) is 70.6 Å². The molecule has 488 valence electrons. The molecule has 0 aliphatic heterocycles. The number of carboxylic acids is 1. The Hall–Kier alpha value is -10.8. The molecule has 0 radical (unpaired) electrons. The summed E-state index contributed by atoms with van der Waals surface area (Å²) in [6.45, 7) is 3.04. The number of aromatic nitrogens is 12. The maximum absolute atomic E-state index is 12.0. The highest BCUT2D eigenvalue weighted by atomic mass is 32.2. The predicted molar refractivity (Wildman–Crippen MR) is 313 cm³/mol. The van der Waals surface area contributed by atoms with Crippen LogP contribution in [-0.4, -0.2) is 130 Å². The summed E-state index contributed by atoms with van der Waals surface area (Å²) in [5.74, 6) is -0.00996. The Bertz CT molecular complexity index is 5010. The van der Waals surface area contributed by atoms with E-state index >= 15 is 0 Å². The molecule has 0 aliphatic carbocycles. The zero-order valence-corrected chi connectivity index (χ0v) is 52.2. The van der Waals surface area contributed by atoms with Crippen LogP contribution in [-0.2, 0) is 73.5 Å². The average molecular weight is 1370 g/mol. The van der Waals surface area contributed by atoms with Crippen LogP contribution in [0, 0.1) is 41.0 Å². The summed E-state index contributed by atoms with van der Waals surface area (Å²) in [5, 5.41) is 84.4. The van der Waals surface area contributed by atoms with Crippen molar-refractivity contribution in [3.63, 3.8) is 0 Å². The Labute approximate surface area is 532 Å². The summed E-state index contributed by atoms with van der Waals surface area (Å²) in [7, 11) is -11.5. The van der Waals surface area contributed by atoms with Crippen molar-refractivity contribution in [3.8, 4) is 51.3 Å². The first-order valence-electron chi connectivity index (χ1n) is 26.4. The number of hydrogen-bond acceptors (Lipinski definition) is 27. The van der Waals surface area contributed by atoms with Gasteiger partial charge in [0.1, 0.15) is 77.1 Å². The van der Waals surface area contributed by atoms with Gasteiger partial charge in [-0.05, 0) is 136 Å². The number of nitro benzene ring substituents is 2. The van der Waals surface area contributed by atoms with E-state index in [1.807, 2.05) is 50.2 Å². The number of aliphatic hydroxyl groups is 2. The summed E-state index contributed by atoms with van der Waals surface area (Å²) in [5.41, 5.74) is 1.81. The summed E-state index contributed by atoms with van der Waals surface area (Å²) >= 11 is -3.11. The molecule has 10 rings (SSSR count). The summed E-state index contributed by atoms with van der Waals surface area (Å²) in [6, 6.07) is 33.9. The number of tetrazole rings is 3. The van der Waals surface area contributed by atoms with Gasteiger partial charge in [-0.2, -0.15) is 10.2 Å². The lowest BCUT2D eigenvalue weighted by Gasteiger charge is -2.13. The fraction of sp³-hybridized carbons (Fsp3) is 0.148. The van der Waals surface area contributed by atoms with Crippen molar-refractivity contribution in [3.05, 3.63) is 188 Å². The van der Waals surface area contributed by atoms with Crippen molar-refractivity contribution in [2.45, 2.75) is 53.6 Å². The molecular weight excluding hydrogens is 1320 g/mol. The first kappa shape index (κ1) is 69.1. The number of ether oxygens (including phenoxy) is 1. The number of carbonyl (C=O) groups is 1. The van der Waals surface area contributed by atoms with Gasteiger partial charge >= 0.3 is 23.4 Å². The molecule has 10 aromatic rings. The molecule has 36 nitrogen and oxygen atoms in total. The van der Waals surface area contributed by atoms with Crippen LogP contribution < -0.4 is 19.1 Å². The van der Waals surface area contributed by atoms with Crippen molar-refractivity contribution in [1.82, 2.24) is 45.0 Å². The minimum Gasteiger partial charge on any atom is -0.768 e. The minimum absolute atomic E-state index is 0.0363. The molecule has 94 heavy (non-hydrogen) atoms. The molecule has 1 unspecified atom stereocenters. The number of carboxylic acid groups (broad SMARTS) is 1. The van der Waals surface area contributed by atoms with Crippen molar-refractivity contribution >= 4 is 70.2 Å². The SMILES string of the molecule is C[n+]1nc(-c2cccc(OCC(=O)O)c2)nn1-c1ccc(S(=O)(=O)[O-])cc1.Cc1ccc(N=Nc2ccc(-n3nc(-c4ccccc4C)n[n+]3C)c(S(=O)(=O)[O-])c2)cc1.Cc1nn(-c2cc(S(=O)[O-])c([N+](=O)[O-])cc2CO)[n+](-c2cc(S(=O)(=O)[O-])c([N+](=O)[O-])cc2CO)n1. The molecule has 7 aromatic carbocycles. The fourth-order valence-corrected chi connectivity index (χ4v) is 10.9. The number of aliphatic carboxylic acids is 1. The Kier molecular flexibility index (Phi) is 20.8. The van der Waals surface area contributed by atoms with Gasteiger partial charge in [-0.1, -0.05) is 51.6 Å².